The Morgan fingerprint density at radius 2 is 1.88 bits per heavy atom. The van der Waals surface area contributed by atoms with Crippen molar-refractivity contribution in [1.82, 2.24) is 10.2 Å². The highest BCUT2D eigenvalue weighted by molar-refractivity contribution is 7.13. The number of anilines is 1. The first-order valence-electron chi connectivity index (χ1n) is 10.4. The van der Waals surface area contributed by atoms with E-state index in [0.29, 0.717) is 28.3 Å². The van der Waals surface area contributed by atoms with E-state index < -0.39 is 11.9 Å². The van der Waals surface area contributed by atoms with Gasteiger partial charge in [-0.05, 0) is 61.2 Å². The fraction of sp³-hybridized carbons (Fsp3) is 0.250. The summed E-state index contributed by atoms with van der Waals surface area (Å²) in [5, 5.41) is 8.86. The van der Waals surface area contributed by atoms with Crippen LogP contribution < -0.4 is 15.1 Å². The van der Waals surface area contributed by atoms with Gasteiger partial charge in [-0.15, -0.1) is 10.2 Å². The molecule has 0 radical (unpaired) electrons. The van der Waals surface area contributed by atoms with Crippen LogP contribution in [0.15, 0.2) is 51.1 Å². The molecule has 5 rings (SSSR count). The Morgan fingerprint density at radius 1 is 1.12 bits per heavy atom. The van der Waals surface area contributed by atoms with E-state index in [4.69, 9.17) is 9.15 Å². The Bertz CT molecular complexity index is 1380. The summed E-state index contributed by atoms with van der Waals surface area (Å²) in [6.07, 6.45) is 0.907. The second-order valence-electron chi connectivity index (χ2n) is 7.82. The summed E-state index contributed by atoms with van der Waals surface area (Å²) in [6, 6.07) is 10.4. The smallest absolute Gasteiger partial charge is 0.297 e. The lowest BCUT2D eigenvalue weighted by atomic mass is 9.97. The zero-order chi connectivity index (χ0) is 22.4. The summed E-state index contributed by atoms with van der Waals surface area (Å²) in [4.78, 5) is 28.6. The highest BCUT2D eigenvalue weighted by Gasteiger charge is 2.45. The van der Waals surface area contributed by atoms with Gasteiger partial charge in [0, 0.05) is 0 Å². The molecule has 2 aromatic carbocycles. The van der Waals surface area contributed by atoms with E-state index in [1.165, 1.54) is 16.2 Å². The molecule has 0 bridgehead atoms. The maximum absolute atomic E-state index is 13.6. The van der Waals surface area contributed by atoms with E-state index in [-0.39, 0.29) is 11.2 Å². The van der Waals surface area contributed by atoms with Crippen molar-refractivity contribution in [3.63, 3.8) is 0 Å². The molecule has 1 amide bonds. The van der Waals surface area contributed by atoms with Crippen molar-refractivity contribution in [2.24, 2.45) is 0 Å². The number of carbonyl (C=O) groups is 1. The molecule has 0 saturated carbocycles. The van der Waals surface area contributed by atoms with Crippen LogP contribution in [-0.2, 0) is 0 Å². The largest absolute Gasteiger partial charge is 0.494 e. The van der Waals surface area contributed by atoms with Gasteiger partial charge < -0.3 is 9.15 Å². The van der Waals surface area contributed by atoms with Crippen LogP contribution in [0.5, 0.6) is 5.75 Å². The molecule has 0 spiro atoms. The molecule has 1 atom stereocenters. The molecule has 0 fully saturated rings. The van der Waals surface area contributed by atoms with Gasteiger partial charge in [0.15, 0.2) is 5.43 Å². The van der Waals surface area contributed by atoms with Crippen LogP contribution in [0.1, 0.15) is 52.2 Å². The second-order valence-corrected chi connectivity index (χ2v) is 8.63. The van der Waals surface area contributed by atoms with Crippen LogP contribution >= 0.6 is 11.3 Å². The second kappa shape index (κ2) is 7.87. The summed E-state index contributed by atoms with van der Waals surface area (Å²) in [6.45, 7) is 6.56. The predicted molar refractivity (Wildman–Crippen MR) is 123 cm³/mol. The highest BCUT2D eigenvalue weighted by Crippen LogP contribution is 2.42. The third-order valence-electron chi connectivity index (χ3n) is 5.71. The lowest BCUT2D eigenvalue weighted by Gasteiger charge is -2.22. The zero-order valence-electron chi connectivity index (χ0n) is 17.9. The first-order chi connectivity index (χ1) is 15.5. The lowest BCUT2D eigenvalue weighted by molar-refractivity contribution is 0.0970. The van der Waals surface area contributed by atoms with Gasteiger partial charge in [0.05, 0.1) is 23.6 Å². The molecule has 7 nitrogen and oxygen atoms in total. The number of fused-ring (bicyclic) bond motifs is 2. The fourth-order valence-electron chi connectivity index (χ4n) is 3.98. The zero-order valence-corrected chi connectivity index (χ0v) is 18.7. The molecule has 3 heterocycles. The number of aryl methyl sites for hydroxylation is 2. The molecule has 32 heavy (non-hydrogen) atoms. The first-order valence-corrected chi connectivity index (χ1v) is 11.3. The van der Waals surface area contributed by atoms with Gasteiger partial charge >= 0.3 is 0 Å². The Hall–Kier alpha value is -3.52. The molecule has 1 aliphatic rings. The number of hydrogen-bond donors (Lipinski definition) is 0. The molecule has 0 N–H and O–H groups in total. The molecule has 0 saturated heterocycles. The molecule has 0 aliphatic carbocycles. The van der Waals surface area contributed by atoms with E-state index in [1.807, 2.05) is 57.2 Å². The fourth-order valence-corrected chi connectivity index (χ4v) is 4.56. The monoisotopic (exact) mass is 447 g/mol. The van der Waals surface area contributed by atoms with Crippen molar-refractivity contribution < 1.29 is 13.9 Å². The summed E-state index contributed by atoms with van der Waals surface area (Å²) in [5.74, 6) is 0.391. The SMILES string of the molecule is CCCOc1ccc(C2c3c(oc4cc(C)c(C)cc4c3=O)C(=O)N2c2nncs2)cc1. The third kappa shape index (κ3) is 3.18. The maximum atomic E-state index is 13.6. The normalized spacial score (nSPS) is 15.4. The number of rotatable bonds is 5. The number of amides is 1. The van der Waals surface area contributed by atoms with E-state index in [1.54, 1.807) is 5.51 Å². The predicted octanol–water partition coefficient (Wildman–Crippen LogP) is 4.80. The average molecular weight is 448 g/mol. The van der Waals surface area contributed by atoms with Gasteiger partial charge in [-0.25, -0.2) is 0 Å². The molecular formula is C24H21N3O4S. The standard InChI is InChI=1S/C24H21N3O4S/c1-4-9-30-16-7-5-15(6-8-16)20-19-21(28)17-10-13(2)14(3)11-18(17)31-22(19)23(29)27(20)24-26-25-12-32-24/h5-8,10-12,20H,4,9H2,1-3H3. The minimum Gasteiger partial charge on any atom is -0.494 e. The van der Waals surface area contributed by atoms with Crippen molar-refractivity contribution in [3.8, 4) is 5.75 Å². The van der Waals surface area contributed by atoms with E-state index >= 15 is 0 Å². The van der Waals surface area contributed by atoms with Crippen molar-refractivity contribution in [3.05, 3.63) is 80.1 Å². The Labute approximate surface area is 188 Å². The van der Waals surface area contributed by atoms with Crippen LogP contribution in [-0.4, -0.2) is 22.7 Å². The summed E-state index contributed by atoms with van der Waals surface area (Å²) in [7, 11) is 0. The summed E-state index contributed by atoms with van der Waals surface area (Å²) in [5.41, 5.74) is 4.83. The van der Waals surface area contributed by atoms with Gasteiger partial charge in [0.1, 0.15) is 16.8 Å². The molecule has 162 valence electrons. The van der Waals surface area contributed by atoms with Crippen LogP contribution in [0.25, 0.3) is 11.0 Å². The van der Waals surface area contributed by atoms with E-state index in [0.717, 1.165) is 28.9 Å². The van der Waals surface area contributed by atoms with Crippen LogP contribution in [0.4, 0.5) is 5.13 Å². The third-order valence-corrected chi connectivity index (χ3v) is 6.40. The number of nitrogens with zero attached hydrogens (tertiary/aromatic N) is 3. The molecule has 1 unspecified atom stereocenters. The summed E-state index contributed by atoms with van der Waals surface area (Å²) < 4.78 is 11.7. The lowest BCUT2D eigenvalue weighted by Crippen LogP contribution is -2.29. The van der Waals surface area contributed by atoms with Crippen LogP contribution in [0.3, 0.4) is 0 Å². The maximum Gasteiger partial charge on any atom is 0.297 e. The number of aromatic nitrogens is 2. The minimum atomic E-state index is -0.659. The van der Waals surface area contributed by atoms with Gasteiger partial charge in [0.2, 0.25) is 10.9 Å². The Balaban J connectivity index is 1.72. The Kier molecular flexibility index (Phi) is 5.01. The first kappa shape index (κ1) is 20.4. The number of benzene rings is 2. The van der Waals surface area contributed by atoms with Crippen LogP contribution in [0.2, 0.25) is 0 Å². The van der Waals surface area contributed by atoms with Gasteiger partial charge in [0.25, 0.3) is 5.91 Å². The summed E-state index contributed by atoms with van der Waals surface area (Å²) >= 11 is 1.24. The highest BCUT2D eigenvalue weighted by atomic mass is 32.1. The number of ether oxygens (including phenoxy) is 1. The van der Waals surface area contributed by atoms with E-state index in [9.17, 15) is 9.59 Å². The topological polar surface area (TPSA) is 85.5 Å². The molecule has 2 aromatic heterocycles. The van der Waals surface area contributed by atoms with Crippen molar-refractivity contribution in [2.45, 2.75) is 33.2 Å². The average Bonchev–Trinajstić information content (AvgIpc) is 3.41. The van der Waals surface area contributed by atoms with E-state index in [2.05, 4.69) is 10.2 Å². The molecule has 8 heteroatoms. The van der Waals surface area contributed by atoms with Gasteiger partial charge in [-0.3, -0.25) is 14.5 Å². The number of carbonyl (C=O) groups excluding carboxylic acids is 1. The van der Waals surface area contributed by atoms with Gasteiger partial charge in [-0.1, -0.05) is 30.4 Å². The molecule has 4 aromatic rings. The van der Waals surface area contributed by atoms with Crippen molar-refractivity contribution in [1.29, 1.82) is 0 Å². The molecule has 1 aliphatic heterocycles. The van der Waals surface area contributed by atoms with Crippen molar-refractivity contribution >= 4 is 33.3 Å². The van der Waals surface area contributed by atoms with Gasteiger partial charge in [-0.2, -0.15) is 0 Å². The molecular weight excluding hydrogens is 426 g/mol. The van der Waals surface area contributed by atoms with Crippen LogP contribution in [0, 0.1) is 13.8 Å². The minimum absolute atomic E-state index is 0.0530. The Morgan fingerprint density at radius 3 is 2.56 bits per heavy atom. The van der Waals surface area contributed by atoms with Crippen molar-refractivity contribution in [2.75, 3.05) is 11.5 Å². The quantitative estimate of drug-likeness (QED) is 0.437. The number of hydrogen-bond acceptors (Lipinski definition) is 7.